The Labute approximate surface area is 106 Å². The number of hydrogen-bond acceptors (Lipinski definition) is 4. The van der Waals surface area contributed by atoms with Crippen LogP contribution in [0.3, 0.4) is 0 Å². The Bertz CT molecular complexity index is 516. The van der Waals surface area contributed by atoms with Gasteiger partial charge in [0, 0.05) is 24.4 Å². The minimum absolute atomic E-state index is 0.141. The molecular formula is C14H15N3O. The van der Waals surface area contributed by atoms with Crippen molar-refractivity contribution in [1.82, 2.24) is 9.97 Å². The highest BCUT2D eigenvalue weighted by atomic mass is 16.1. The lowest BCUT2D eigenvalue weighted by Gasteiger charge is -2.02. The minimum atomic E-state index is -0.141. The van der Waals surface area contributed by atoms with Crippen LogP contribution in [0, 0.1) is 5.41 Å². The molecule has 0 bridgehead atoms. The normalized spacial score (nSPS) is 11.5. The molecule has 1 heterocycles. The Kier molecular flexibility index (Phi) is 5.38. The third-order valence-electron chi connectivity index (χ3n) is 2.19. The van der Waals surface area contributed by atoms with Gasteiger partial charge in [0.05, 0.1) is 5.69 Å². The summed E-state index contributed by atoms with van der Waals surface area (Å²) in [4.78, 5) is 19.9. The molecule has 0 fully saturated rings. The fourth-order valence-electron chi connectivity index (χ4n) is 1.30. The maximum atomic E-state index is 11.8. The molecule has 0 atom stereocenters. The number of Topliss-reactive ketones (excluding diaryl/α,β-unsaturated/α-hetero) is 1. The van der Waals surface area contributed by atoms with Crippen molar-refractivity contribution in [3.05, 3.63) is 54.7 Å². The van der Waals surface area contributed by atoms with Gasteiger partial charge in [-0.1, -0.05) is 30.9 Å². The molecular weight excluding hydrogens is 226 g/mol. The number of hydrogen-bond donors (Lipinski definition) is 1. The second kappa shape index (κ2) is 7.06. The van der Waals surface area contributed by atoms with Crippen molar-refractivity contribution in [3.8, 4) is 0 Å². The van der Waals surface area contributed by atoms with Crippen molar-refractivity contribution < 1.29 is 4.79 Å². The molecule has 0 unspecified atom stereocenters. The van der Waals surface area contributed by atoms with E-state index in [0.29, 0.717) is 11.3 Å². The topological polar surface area (TPSA) is 66.7 Å². The van der Waals surface area contributed by atoms with E-state index in [4.69, 9.17) is 5.41 Å². The first-order valence-electron chi connectivity index (χ1n) is 5.54. The Balaban J connectivity index is 3.05. The average molecular weight is 241 g/mol. The number of nitrogens with one attached hydrogen (secondary N) is 1. The van der Waals surface area contributed by atoms with Crippen LogP contribution in [0.15, 0.2) is 43.1 Å². The molecule has 0 aromatic carbocycles. The fraction of sp³-hybridized carbons (Fsp3) is 0.143. The second-order valence-electron chi connectivity index (χ2n) is 3.46. The van der Waals surface area contributed by atoms with Crippen molar-refractivity contribution in [1.29, 1.82) is 5.41 Å². The van der Waals surface area contributed by atoms with Crippen LogP contribution < -0.4 is 0 Å². The molecule has 4 heteroatoms. The Morgan fingerprint density at radius 3 is 2.94 bits per heavy atom. The fourth-order valence-corrected chi connectivity index (χ4v) is 1.30. The van der Waals surface area contributed by atoms with E-state index in [1.165, 1.54) is 12.4 Å². The van der Waals surface area contributed by atoms with Gasteiger partial charge < -0.3 is 5.41 Å². The highest BCUT2D eigenvalue weighted by Gasteiger charge is 2.09. The first-order valence-corrected chi connectivity index (χ1v) is 5.54. The van der Waals surface area contributed by atoms with E-state index in [1.54, 1.807) is 24.3 Å². The largest absolute Gasteiger partial charge is 0.308 e. The van der Waals surface area contributed by atoms with E-state index in [0.717, 1.165) is 0 Å². The maximum absolute atomic E-state index is 11.8. The zero-order valence-electron chi connectivity index (χ0n) is 10.3. The van der Waals surface area contributed by atoms with Gasteiger partial charge in [0.15, 0.2) is 5.82 Å². The summed E-state index contributed by atoms with van der Waals surface area (Å²) < 4.78 is 0. The summed E-state index contributed by atoms with van der Waals surface area (Å²) in [5.74, 6) is 0.0281. The average Bonchev–Trinajstić information content (AvgIpc) is 2.42. The van der Waals surface area contributed by atoms with Gasteiger partial charge in [-0.2, -0.15) is 0 Å². The molecule has 4 nitrogen and oxygen atoms in total. The van der Waals surface area contributed by atoms with Gasteiger partial charge in [-0.3, -0.25) is 4.79 Å². The SMILES string of the molecule is C=C/C=C(\C=N)c1ccnc(C(=O)C/C=C/C)n1. The molecule has 92 valence electrons. The van der Waals surface area contributed by atoms with Gasteiger partial charge in [0.1, 0.15) is 0 Å². The van der Waals surface area contributed by atoms with E-state index in [2.05, 4.69) is 16.5 Å². The predicted molar refractivity (Wildman–Crippen MR) is 72.8 cm³/mol. The van der Waals surface area contributed by atoms with Crippen molar-refractivity contribution in [2.45, 2.75) is 13.3 Å². The van der Waals surface area contributed by atoms with E-state index < -0.39 is 0 Å². The molecule has 1 aromatic heterocycles. The van der Waals surface area contributed by atoms with Gasteiger partial charge >= 0.3 is 0 Å². The number of allylic oxidation sites excluding steroid dienone is 5. The summed E-state index contributed by atoms with van der Waals surface area (Å²) in [5.41, 5.74) is 1.14. The first-order chi connectivity index (χ1) is 8.72. The predicted octanol–water partition coefficient (Wildman–Crippen LogP) is 2.84. The molecule has 0 aliphatic carbocycles. The van der Waals surface area contributed by atoms with Crippen LogP contribution in [-0.4, -0.2) is 22.0 Å². The van der Waals surface area contributed by atoms with E-state index in [1.807, 2.05) is 13.0 Å². The number of rotatable bonds is 6. The number of nitrogens with zero attached hydrogens (tertiary/aromatic N) is 2. The van der Waals surface area contributed by atoms with Crippen LogP contribution in [0.2, 0.25) is 0 Å². The summed E-state index contributed by atoms with van der Waals surface area (Å²) in [6.07, 6.45) is 9.78. The third-order valence-corrected chi connectivity index (χ3v) is 2.19. The second-order valence-corrected chi connectivity index (χ2v) is 3.46. The summed E-state index contributed by atoms with van der Waals surface area (Å²) in [7, 11) is 0. The molecule has 0 aliphatic heterocycles. The van der Waals surface area contributed by atoms with Crippen LogP contribution in [0.4, 0.5) is 0 Å². The monoisotopic (exact) mass is 241 g/mol. The van der Waals surface area contributed by atoms with E-state index >= 15 is 0 Å². The summed E-state index contributed by atoms with van der Waals surface area (Å²) in [6, 6.07) is 1.66. The highest BCUT2D eigenvalue weighted by molar-refractivity contribution is 6.08. The zero-order valence-corrected chi connectivity index (χ0v) is 10.3. The first kappa shape index (κ1) is 13.7. The van der Waals surface area contributed by atoms with Crippen LogP contribution in [-0.2, 0) is 0 Å². The van der Waals surface area contributed by atoms with Gasteiger partial charge in [-0.05, 0) is 13.0 Å². The van der Waals surface area contributed by atoms with Crippen molar-refractivity contribution in [2.24, 2.45) is 0 Å². The lowest BCUT2D eigenvalue weighted by molar-refractivity contribution is 0.0985. The third kappa shape index (κ3) is 3.59. The lowest BCUT2D eigenvalue weighted by atomic mass is 10.1. The zero-order chi connectivity index (χ0) is 13.4. The van der Waals surface area contributed by atoms with Gasteiger partial charge in [-0.25, -0.2) is 9.97 Å². The van der Waals surface area contributed by atoms with Crippen molar-refractivity contribution in [3.63, 3.8) is 0 Å². The summed E-state index contributed by atoms with van der Waals surface area (Å²) >= 11 is 0. The molecule has 0 radical (unpaired) electrons. The number of aromatic nitrogens is 2. The molecule has 0 aliphatic rings. The van der Waals surface area contributed by atoms with Crippen molar-refractivity contribution in [2.75, 3.05) is 0 Å². The molecule has 1 aromatic rings. The number of ketones is 1. The van der Waals surface area contributed by atoms with Gasteiger partial charge in [0.25, 0.3) is 0 Å². The standard InChI is InChI=1S/C14H15N3O/c1-3-5-7-13(18)14-16-9-8-12(17-14)11(10-15)6-4-2/h3-6,8-10,15H,2,7H2,1H3/b5-3+,11-6+,15-10?. The molecule has 18 heavy (non-hydrogen) atoms. The van der Waals surface area contributed by atoms with E-state index in [-0.39, 0.29) is 18.0 Å². The Hall–Kier alpha value is -2.36. The highest BCUT2D eigenvalue weighted by Crippen LogP contribution is 2.09. The van der Waals surface area contributed by atoms with Crippen LogP contribution in [0.1, 0.15) is 29.7 Å². The maximum Gasteiger partial charge on any atom is 0.203 e. The smallest absolute Gasteiger partial charge is 0.203 e. The van der Waals surface area contributed by atoms with Crippen molar-refractivity contribution >= 4 is 17.6 Å². The van der Waals surface area contributed by atoms with Crippen LogP contribution in [0.25, 0.3) is 5.57 Å². The molecule has 0 spiro atoms. The van der Waals surface area contributed by atoms with E-state index in [9.17, 15) is 4.79 Å². The Morgan fingerprint density at radius 2 is 2.33 bits per heavy atom. The molecule has 0 saturated carbocycles. The quantitative estimate of drug-likeness (QED) is 0.360. The lowest BCUT2D eigenvalue weighted by Crippen LogP contribution is -2.06. The molecule has 1 N–H and O–H groups in total. The summed E-state index contributed by atoms with van der Waals surface area (Å²) in [5, 5.41) is 7.29. The molecule has 1 rings (SSSR count). The van der Waals surface area contributed by atoms with Gasteiger partial charge in [0.2, 0.25) is 5.78 Å². The molecule has 0 amide bonds. The molecule has 0 saturated heterocycles. The Morgan fingerprint density at radius 1 is 1.56 bits per heavy atom. The van der Waals surface area contributed by atoms with Crippen LogP contribution >= 0.6 is 0 Å². The number of carbonyl (C=O) groups excluding carboxylic acids is 1. The van der Waals surface area contributed by atoms with Crippen LogP contribution in [0.5, 0.6) is 0 Å². The minimum Gasteiger partial charge on any atom is -0.308 e. The van der Waals surface area contributed by atoms with Gasteiger partial charge in [-0.15, -0.1) is 0 Å². The number of carbonyl (C=O) groups is 1. The summed E-state index contributed by atoms with van der Waals surface area (Å²) in [6.45, 7) is 5.42.